The van der Waals surface area contributed by atoms with Crippen molar-refractivity contribution >= 4 is 6.09 Å². The molecule has 0 radical (unpaired) electrons. The normalized spacial score (nSPS) is 8.67. The van der Waals surface area contributed by atoms with Gasteiger partial charge in [0.05, 0.1) is 14.1 Å². The Labute approximate surface area is 114 Å². The molecule has 0 aromatic carbocycles. The SMILES string of the molecule is CC.CC.CCCCCNC(=O)OCC[NH+](C)C. The molecule has 0 fully saturated rings. The quantitative estimate of drug-likeness (QED) is 0.691. The van der Waals surface area contributed by atoms with Gasteiger partial charge in [0.2, 0.25) is 0 Å². The summed E-state index contributed by atoms with van der Waals surface area (Å²) in [4.78, 5) is 12.3. The number of carbonyl (C=O) groups excluding carboxylic acids is 1. The van der Waals surface area contributed by atoms with Crippen molar-refractivity contribution in [3.05, 3.63) is 0 Å². The first kappa shape index (κ1) is 22.4. The van der Waals surface area contributed by atoms with E-state index >= 15 is 0 Å². The van der Waals surface area contributed by atoms with Gasteiger partial charge in [0.15, 0.2) is 0 Å². The summed E-state index contributed by atoms with van der Waals surface area (Å²) >= 11 is 0. The fraction of sp³-hybridized carbons (Fsp3) is 0.929. The average Bonchev–Trinajstić information content (AvgIpc) is 2.39. The van der Waals surface area contributed by atoms with Crippen molar-refractivity contribution in [1.82, 2.24) is 5.32 Å². The van der Waals surface area contributed by atoms with Crippen molar-refractivity contribution in [1.29, 1.82) is 0 Å². The zero-order valence-electron chi connectivity index (χ0n) is 13.6. The van der Waals surface area contributed by atoms with E-state index in [9.17, 15) is 4.79 Å². The van der Waals surface area contributed by atoms with Crippen molar-refractivity contribution in [2.75, 3.05) is 33.8 Å². The second-order valence-corrected chi connectivity index (χ2v) is 3.73. The van der Waals surface area contributed by atoms with Gasteiger partial charge in [-0.3, -0.25) is 0 Å². The van der Waals surface area contributed by atoms with Gasteiger partial charge in [-0.2, -0.15) is 0 Å². The molecule has 18 heavy (non-hydrogen) atoms. The summed E-state index contributed by atoms with van der Waals surface area (Å²) in [6.45, 7) is 12.2. The lowest BCUT2D eigenvalue weighted by Gasteiger charge is -2.08. The molecule has 0 aliphatic heterocycles. The van der Waals surface area contributed by atoms with Gasteiger partial charge >= 0.3 is 6.09 Å². The molecule has 0 atom stereocenters. The fourth-order valence-electron chi connectivity index (χ4n) is 0.964. The highest BCUT2D eigenvalue weighted by Crippen LogP contribution is 1.91. The van der Waals surface area contributed by atoms with Crippen molar-refractivity contribution < 1.29 is 14.4 Å². The third-order valence-corrected chi connectivity index (χ3v) is 1.88. The van der Waals surface area contributed by atoms with Gasteiger partial charge in [0.25, 0.3) is 0 Å². The Balaban J connectivity index is -0.000000506. The maximum atomic E-state index is 11.0. The minimum Gasteiger partial charge on any atom is -0.444 e. The Morgan fingerprint density at radius 2 is 1.67 bits per heavy atom. The van der Waals surface area contributed by atoms with Crippen LogP contribution in [0.2, 0.25) is 0 Å². The molecule has 0 spiro atoms. The Bertz CT molecular complexity index is 151. The number of amides is 1. The van der Waals surface area contributed by atoms with Gasteiger partial charge in [-0.15, -0.1) is 0 Å². The third-order valence-electron chi connectivity index (χ3n) is 1.88. The van der Waals surface area contributed by atoms with Crippen LogP contribution in [0.4, 0.5) is 4.79 Å². The smallest absolute Gasteiger partial charge is 0.407 e. The van der Waals surface area contributed by atoms with Crippen molar-refractivity contribution in [3.63, 3.8) is 0 Å². The van der Waals surface area contributed by atoms with Gasteiger partial charge < -0.3 is 15.0 Å². The first-order chi connectivity index (χ1) is 8.66. The van der Waals surface area contributed by atoms with Crippen molar-refractivity contribution in [2.45, 2.75) is 53.9 Å². The van der Waals surface area contributed by atoms with Gasteiger partial charge in [-0.1, -0.05) is 47.5 Å². The lowest BCUT2D eigenvalue weighted by Crippen LogP contribution is -3.06. The maximum absolute atomic E-state index is 11.0. The Morgan fingerprint density at radius 1 is 1.11 bits per heavy atom. The van der Waals surface area contributed by atoms with Crippen LogP contribution in [-0.4, -0.2) is 39.9 Å². The average molecular weight is 263 g/mol. The number of hydrogen-bond donors (Lipinski definition) is 2. The lowest BCUT2D eigenvalue weighted by atomic mass is 10.2. The number of unbranched alkanes of at least 4 members (excludes halogenated alkanes) is 2. The number of carbonyl (C=O) groups is 1. The summed E-state index contributed by atoms with van der Waals surface area (Å²) in [6, 6.07) is 0. The zero-order chi connectivity index (χ0) is 14.8. The molecular weight excluding hydrogens is 228 g/mol. The van der Waals surface area contributed by atoms with E-state index in [1.165, 1.54) is 11.3 Å². The van der Waals surface area contributed by atoms with E-state index in [0.29, 0.717) is 6.61 Å². The van der Waals surface area contributed by atoms with E-state index in [2.05, 4.69) is 12.2 Å². The van der Waals surface area contributed by atoms with Gasteiger partial charge in [0.1, 0.15) is 13.2 Å². The molecule has 0 aliphatic carbocycles. The molecule has 0 aromatic rings. The van der Waals surface area contributed by atoms with E-state index in [4.69, 9.17) is 4.74 Å². The number of alkyl carbamates (subject to hydrolysis) is 1. The van der Waals surface area contributed by atoms with Gasteiger partial charge in [-0.25, -0.2) is 4.79 Å². The monoisotopic (exact) mass is 263 g/mol. The highest BCUT2D eigenvalue weighted by atomic mass is 16.5. The van der Waals surface area contributed by atoms with Crippen molar-refractivity contribution in [2.24, 2.45) is 0 Å². The predicted molar refractivity (Wildman–Crippen MR) is 79.2 cm³/mol. The second-order valence-electron chi connectivity index (χ2n) is 3.73. The largest absolute Gasteiger partial charge is 0.444 e. The van der Waals surface area contributed by atoms with Crippen LogP contribution in [0, 0.1) is 0 Å². The van der Waals surface area contributed by atoms with Crippen LogP contribution in [0.5, 0.6) is 0 Å². The first-order valence-corrected chi connectivity index (χ1v) is 7.36. The van der Waals surface area contributed by atoms with Gasteiger partial charge in [-0.05, 0) is 6.42 Å². The summed E-state index contributed by atoms with van der Waals surface area (Å²) in [5.74, 6) is 0. The molecule has 4 heteroatoms. The standard InChI is InChI=1S/C10H22N2O2.2C2H6/c1-4-5-6-7-11-10(13)14-9-8-12(2)3;2*1-2/h4-9H2,1-3H3,(H,11,13);2*1-2H3/p+1. The minimum absolute atomic E-state index is 0.289. The van der Waals surface area contributed by atoms with E-state index in [1.807, 2.05) is 41.8 Å². The van der Waals surface area contributed by atoms with Gasteiger partial charge in [0, 0.05) is 6.54 Å². The number of likely N-dealkylation sites (N-methyl/N-ethyl adjacent to an activating group) is 1. The molecule has 0 aliphatic rings. The Kier molecular flexibility index (Phi) is 26.8. The van der Waals surface area contributed by atoms with Crippen molar-refractivity contribution in [3.8, 4) is 0 Å². The molecule has 0 saturated heterocycles. The van der Waals surface area contributed by atoms with E-state index in [1.54, 1.807) is 0 Å². The molecule has 0 rings (SSSR count). The second kappa shape index (κ2) is 21.5. The van der Waals surface area contributed by atoms with E-state index < -0.39 is 0 Å². The maximum Gasteiger partial charge on any atom is 0.407 e. The van der Waals surface area contributed by atoms with Crippen LogP contribution in [-0.2, 0) is 4.74 Å². The predicted octanol–water partition coefficient (Wildman–Crippen LogP) is 2.10. The minimum atomic E-state index is -0.289. The molecule has 0 bridgehead atoms. The molecule has 2 N–H and O–H groups in total. The summed E-state index contributed by atoms with van der Waals surface area (Å²) < 4.78 is 4.96. The number of ether oxygens (including phenoxy) is 1. The fourth-order valence-corrected chi connectivity index (χ4v) is 0.964. The molecule has 0 aromatic heterocycles. The Hall–Kier alpha value is -0.770. The summed E-state index contributed by atoms with van der Waals surface area (Å²) in [6.07, 6.45) is 3.07. The Morgan fingerprint density at radius 3 is 2.11 bits per heavy atom. The summed E-state index contributed by atoms with van der Waals surface area (Å²) in [5, 5.41) is 2.72. The third kappa shape index (κ3) is 24.5. The molecule has 4 nitrogen and oxygen atoms in total. The first-order valence-electron chi connectivity index (χ1n) is 7.36. The number of quaternary nitrogens is 1. The topological polar surface area (TPSA) is 42.8 Å². The molecule has 1 amide bonds. The molecule has 0 heterocycles. The van der Waals surface area contributed by atoms with Crippen LogP contribution in [0.3, 0.4) is 0 Å². The molecule has 0 unspecified atom stereocenters. The lowest BCUT2D eigenvalue weighted by molar-refractivity contribution is -0.858. The molecule has 112 valence electrons. The highest BCUT2D eigenvalue weighted by molar-refractivity contribution is 5.66. The number of rotatable bonds is 7. The highest BCUT2D eigenvalue weighted by Gasteiger charge is 2.01. The van der Waals surface area contributed by atoms with E-state index in [-0.39, 0.29) is 6.09 Å². The van der Waals surface area contributed by atoms with E-state index in [0.717, 1.165) is 25.9 Å². The van der Waals surface area contributed by atoms with Crippen LogP contribution < -0.4 is 10.2 Å². The van der Waals surface area contributed by atoms with Crippen LogP contribution in [0.15, 0.2) is 0 Å². The number of nitrogens with one attached hydrogen (secondary N) is 2. The summed E-state index contributed by atoms with van der Waals surface area (Å²) in [5.41, 5.74) is 0. The summed E-state index contributed by atoms with van der Waals surface area (Å²) in [7, 11) is 4.06. The van der Waals surface area contributed by atoms with Crippen LogP contribution in [0.1, 0.15) is 53.9 Å². The number of hydrogen-bond acceptors (Lipinski definition) is 2. The molecular formula is C14H35N2O2+. The van der Waals surface area contributed by atoms with Crippen LogP contribution >= 0.6 is 0 Å². The zero-order valence-corrected chi connectivity index (χ0v) is 13.6. The van der Waals surface area contributed by atoms with Crippen LogP contribution in [0.25, 0.3) is 0 Å². The molecule has 0 saturated carbocycles.